The number of amides is 1. The number of carbonyl (C=O) groups excluding carboxylic acids is 1. The van der Waals surface area contributed by atoms with Crippen molar-refractivity contribution in [3.05, 3.63) is 35.7 Å². The van der Waals surface area contributed by atoms with Crippen molar-refractivity contribution in [2.75, 3.05) is 13.1 Å². The van der Waals surface area contributed by atoms with Crippen LogP contribution in [-0.2, 0) is 4.79 Å². The van der Waals surface area contributed by atoms with Crippen LogP contribution >= 0.6 is 0 Å². The molecule has 5 heteroatoms. The molecular weight excluding hydrogens is 338 g/mol. The van der Waals surface area contributed by atoms with Crippen LogP contribution in [0.5, 0.6) is 0 Å². The summed E-state index contributed by atoms with van der Waals surface area (Å²) in [5, 5.41) is 4.17. The molecule has 0 bridgehead atoms. The van der Waals surface area contributed by atoms with Crippen LogP contribution in [0.1, 0.15) is 68.7 Å². The molecule has 1 aliphatic carbocycles. The molecule has 5 nitrogen and oxygen atoms in total. The van der Waals surface area contributed by atoms with E-state index >= 15 is 0 Å². The lowest BCUT2D eigenvalue weighted by Crippen LogP contribution is -2.39. The van der Waals surface area contributed by atoms with Gasteiger partial charge in [0.25, 0.3) is 0 Å². The van der Waals surface area contributed by atoms with Gasteiger partial charge in [0.05, 0.1) is 5.92 Å². The summed E-state index contributed by atoms with van der Waals surface area (Å²) in [5.41, 5.74) is 2.15. The molecule has 0 N–H and O–H groups in total. The molecule has 2 heterocycles. The first-order chi connectivity index (χ1) is 13.2. The molecule has 2 aromatic rings. The van der Waals surface area contributed by atoms with Crippen LogP contribution in [0.2, 0.25) is 0 Å². The summed E-state index contributed by atoms with van der Waals surface area (Å²) in [7, 11) is 0. The van der Waals surface area contributed by atoms with Gasteiger partial charge >= 0.3 is 0 Å². The van der Waals surface area contributed by atoms with Crippen molar-refractivity contribution < 1.29 is 9.32 Å². The van der Waals surface area contributed by atoms with Crippen LogP contribution in [0.25, 0.3) is 11.4 Å². The van der Waals surface area contributed by atoms with Crippen LogP contribution in [0.15, 0.2) is 28.8 Å². The fraction of sp³-hybridized carbons (Fsp3) is 0.591. The molecule has 1 aromatic carbocycles. The zero-order valence-electron chi connectivity index (χ0n) is 16.2. The molecule has 4 rings (SSSR count). The molecule has 144 valence electrons. The fourth-order valence-corrected chi connectivity index (χ4v) is 4.49. The van der Waals surface area contributed by atoms with Crippen molar-refractivity contribution in [3.63, 3.8) is 0 Å². The molecule has 2 aliphatic rings. The predicted octanol–water partition coefficient (Wildman–Crippen LogP) is 4.72. The Bertz CT molecular complexity index is 779. The third-order valence-corrected chi connectivity index (χ3v) is 6.08. The molecule has 1 saturated heterocycles. The summed E-state index contributed by atoms with van der Waals surface area (Å²) >= 11 is 0. The number of rotatable bonds is 5. The van der Waals surface area contributed by atoms with E-state index in [1.807, 2.05) is 17.0 Å². The number of likely N-dealkylation sites (tertiary alicyclic amines) is 1. The normalized spacial score (nSPS) is 20.9. The molecule has 0 radical (unpaired) electrons. The van der Waals surface area contributed by atoms with Crippen molar-refractivity contribution >= 4 is 5.91 Å². The number of hydrogen-bond acceptors (Lipinski definition) is 4. The minimum absolute atomic E-state index is 0.153. The van der Waals surface area contributed by atoms with E-state index in [1.54, 1.807) is 0 Å². The highest BCUT2D eigenvalue weighted by atomic mass is 16.5. The Balaban J connectivity index is 1.37. The minimum atomic E-state index is 0.153. The minimum Gasteiger partial charge on any atom is -0.342 e. The molecule has 27 heavy (non-hydrogen) atoms. The van der Waals surface area contributed by atoms with Crippen molar-refractivity contribution in [1.29, 1.82) is 0 Å². The lowest BCUT2D eigenvalue weighted by atomic mass is 9.96. The molecule has 1 atom stereocenters. The van der Waals surface area contributed by atoms with E-state index in [2.05, 4.69) is 29.2 Å². The SMILES string of the molecule is Cc1cccc(-c2noc(C3CCCN(C(=O)CCC4CCCC4)C3)n2)c1. The fourth-order valence-electron chi connectivity index (χ4n) is 4.49. The molecule has 0 spiro atoms. The van der Waals surface area contributed by atoms with Crippen LogP contribution in [0, 0.1) is 12.8 Å². The van der Waals surface area contributed by atoms with Crippen LogP contribution in [0.4, 0.5) is 0 Å². The predicted molar refractivity (Wildman–Crippen MR) is 104 cm³/mol. The third kappa shape index (κ3) is 4.40. The molecule has 1 aliphatic heterocycles. The van der Waals surface area contributed by atoms with Gasteiger partial charge in [-0.15, -0.1) is 0 Å². The van der Waals surface area contributed by atoms with E-state index in [0.29, 0.717) is 30.6 Å². The van der Waals surface area contributed by atoms with Gasteiger partial charge in [0.15, 0.2) is 0 Å². The lowest BCUT2D eigenvalue weighted by Gasteiger charge is -2.31. The van der Waals surface area contributed by atoms with Gasteiger partial charge < -0.3 is 9.42 Å². The van der Waals surface area contributed by atoms with E-state index in [-0.39, 0.29) is 5.92 Å². The standard InChI is InChI=1S/C22H29N3O2/c1-16-6-4-9-18(14-16)21-23-22(27-24-21)19-10-5-13-25(15-19)20(26)12-11-17-7-2-3-8-17/h4,6,9,14,17,19H,2-3,5,7-8,10-13,15H2,1H3. The molecule has 1 unspecified atom stereocenters. The van der Waals surface area contributed by atoms with Crippen molar-refractivity contribution in [3.8, 4) is 11.4 Å². The Morgan fingerprint density at radius 3 is 2.89 bits per heavy atom. The summed E-state index contributed by atoms with van der Waals surface area (Å²) in [4.78, 5) is 19.3. The van der Waals surface area contributed by atoms with Gasteiger partial charge in [-0.05, 0) is 38.2 Å². The number of aromatic nitrogens is 2. The van der Waals surface area contributed by atoms with Gasteiger partial charge in [-0.3, -0.25) is 4.79 Å². The van der Waals surface area contributed by atoms with Gasteiger partial charge in [0.2, 0.25) is 17.6 Å². The van der Waals surface area contributed by atoms with Gasteiger partial charge in [-0.2, -0.15) is 4.98 Å². The zero-order chi connectivity index (χ0) is 18.6. The number of nitrogens with zero attached hydrogens (tertiary/aromatic N) is 3. The first-order valence-electron chi connectivity index (χ1n) is 10.4. The smallest absolute Gasteiger partial charge is 0.231 e. The molecule has 1 amide bonds. The highest BCUT2D eigenvalue weighted by molar-refractivity contribution is 5.76. The van der Waals surface area contributed by atoms with E-state index in [0.717, 1.165) is 37.3 Å². The van der Waals surface area contributed by atoms with Gasteiger partial charge in [-0.1, -0.05) is 54.6 Å². The van der Waals surface area contributed by atoms with Gasteiger partial charge in [0.1, 0.15) is 0 Å². The second-order valence-electron chi connectivity index (χ2n) is 8.19. The average Bonchev–Trinajstić information content (AvgIpc) is 3.38. The number of benzene rings is 1. The zero-order valence-corrected chi connectivity index (χ0v) is 16.2. The maximum atomic E-state index is 12.7. The third-order valence-electron chi connectivity index (χ3n) is 6.08. The quantitative estimate of drug-likeness (QED) is 0.767. The second-order valence-corrected chi connectivity index (χ2v) is 8.19. The Morgan fingerprint density at radius 1 is 1.22 bits per heavy atom. The average molecular weight is 367 g/mol. The number of hydrogen-bond donors (Lipinski definition) is 0. The highest BCUT2D eigenvalue weighted by Crippen LogP contribution is 2.31. The largest absolute Gasteiger partial charge is 0.342 e. The summed E-state index contributed by atoms with van der Waals surface area (Å²) in [6.45, 7) is 3.62. The monoisotopic (exact) mass is 367 g/mol. The second kappa shape index (κ2) is 8.24. The van der Waals surface area contributed by atoms with Gasteiger partial charge in [0, 0.05) is 25.1 Å². The Kier molecular flexibility index (Phi) is 5.55. The summed E-state index contributed by atoms with van der Waals surface area (Å²) in [6.07, 6.45) is 9.03. The molecule has 1 aromatic heterocycles. The number of piperidine rings is 1. The van der Waals surface area contributed by atoms with Crippen LogP contribution < -0.4 is 0 Å². The summed E-state index contributed by atoms with van der Waals surface area (Å²) < 4.78 is 5.57. The summed E-state index contributed by atoms with van der Waals surface area (Å²) in [6, 6.07) is 8.13. The maximum Gasteiger partial charge on any atom is 0.231 e. The van der Waals surface area contributed by atoms with E-state index in [9.17, 15) is 4.79 Å². The number of carbonyl (C=O) groups is 1. The first kappa shape index (κ1) is 18.2. The maximum absolute atomic E-state index is 12.7. The Morgan fingerprint density at radius 2 is 2.07 bits per heavy atom. The topological polar surface area (TPSA) is 59.2 Å². The molecular formula is C22H29N3O2. The van der Waals surface area contributed by atoms with Crippen LogP contribution in [0.3, 0.4) is 0 Å². The van der Waals surface area contributed by atoms with Gasteiger partial charge in [-0.25, -0.2) is 0 Å². The summed E-state index contributed by atoms with van der Waals surface area (Å²) in [5.74, 6) is 2.52. The van der Waals surface area contributed by atoms with E-state index < -0.39 is 0 Å². The Hall–Kier alpha value is -2.17. The molecule has 1 saturated carbocycles. The van der Waals surface area contributed by atoms with E-state index in [1.165, 1.54) is 31.2 Å². The van der Waals surface area contributed by atoms with Crippen molar-refractivity contribution in [1.82, 2.24) is 15.0 Å². The van der Waals surface area contributed by atoms with Crippen molar-refractivity contribution in [2.24, 2.45) is 5.92 Å². The van der Waals surface area contributed by atoms with Crippen LogP contribution in [-0.4, -0.2) is 34.0 Å². The number of aryl methyl sites for hydroxylation is 1. The van der Waals surface area contributed by atoms with Crippen molar-refractivity contribution in [2.45, 2.75) is 64.2 Å². The first-order valence-corrected chi connectivity index (χ1v) is 10.4. The lowest BCUT2D eigenvalue weighted by molar-refractivity contribution is -0.132. The Labute approximate surface area is 161 Å². The molecule has 2 fully saturated rings. The van der Waals surface area contributed by atoms with E-state index in [4.69, 9.17) is 4.52 Å². The highest BCUT2D eigenvalue weighted by Gasteiger charge is 2.29.